The van der Waals surface area contributed by atoms with E-state index in [2.05, 4.69) is 58.5 Å². The summed E-state index contributed by atoms with van der Waals surface area (Å²) in [5.74, 6) is 0. The summed E-state index contributed by atoms with van der Waals surface area (Å²) in [5, 5.41) is 2.15. The van der Waals surface area contributed by atoms with Crippen LogP contribution in [0.5, 0.6) is 0 Å². The van der Waals surface area contributed by atoms with E-state index in [1.54, 1.807) is 0 Å². The standard InChI is InChI=1S/C20H24ClN3/c1-3-16-5-4-9-23(16)11-12-24-19-7-6-15(21)13-17(19)18-14-22(2)10-8-20(18)24/h4-7,9,13H,3,8,10-12,14H2,1-2H3. The molecule has 0 aliphatic carbocycles. The molecule has 0 fully saturated rings. The molecule has 3 nitrogen and oxygen atoms in total. The summed E-state index contributed by atoms with van der Waals surface area (Å²) in [6.45, 7) is 6.39. The van der Waals surface area contributed by atoms with Gasteiger partial charge in [-0.1, -0.05) is 18.5 Å². The Morgan fingerprint density at radius 3 is 2.88 bits per heavy atom. The Morgan fingerprint density at radius 2 is 2.04 bits per heavy atom. The first kappa shape index (κ1) is 15.8. The van der Waals surface area contributed by atoms with Crippen LogP contribution < -0.4 is 0 Å². The monoisotopic (exact) mass is 341 g/mol. The number of aryl methyl sites for hydroxylation is 3. The number of rotatable bonds is 4. The van der Waals surface area contributed by atoms with Crippen molar-refractivity contribution >= 4 is 22.5 Å². The fraction of sp³-hybridized carbons (Fsp3) is 0.400. The maximum Gasteiger partial charge on any atom is 0.0487 e. The molecule has 4 rings (SSSR count). The van der Waals surface area contributed by atoms with E-state index in [1.807, 2.05) is 6.07 Å². The molecule has 1 aliphatic heterocycles. The first-order valence-electron chi connectivity index (χ1n) is 8.79. The van der Waals surface area contributed by atoms with E-state index in [0.717, 1.165) is 44.0 Å². The van der Waals surface area contributed by atoms with Crippen LogP contribution >= 0.6 is 11.6 Å². The summed E-state index contributed by atoms with van der Waals surface area (Å²) in [6.07, 6.45) is 4.39. The Hall–Kier alpha value is -1.71. The van der Waals surface area contributed by atoms with E-state index in [0.29, 0.717) is 0 Å². The normalized spacial score (nSPS) is 15.1. The molecule has 1 aliphatic rings. The summed E-state index contributed by atoms with van der Waals surface area (Å²) in [7, 11) is 2.20. The van der Waals surface area contributed by atoms with Gasteiger partial charge in [-0.15, -0.1) is 0 Å². The van der Waals surface area contributed by atoms with Gasteiger partial charge in [-0.3, -0.25) is 0 Å². The van der Waals surface area contributed by atoms with Gasteiger partial charge in [-0.2, -0.15) is 0 Å². The van der Waals surface area contributed by atoms with Gasteiger partial charge in [0.1, 0.15) is 0 Å². The Bertz CT molecular complexity index is 875. The molecule has 0 atom stereocenters. The van der Waals surface area contributed by atoms with Crippen molar-refractivity contribution in [2.75, 3.05) is 13.6 Å². The molecule has 126 valence electrons. The number of hydrogen-bond donors (Lipinski definition) is 0. The molecule has 0 spiro atoms. The molecule has 0 saturated carbocycles. The number of hydrogen-bond acceptors (Lipinski definition) is 1. The van der Waals surface area contributed by atoms with E-state index in [-0.39, 0.29) is 0 Å². The molecular formula is C20H24ClN3. The SMILES string of the molecule is CCc1cccn1CCn1c2c(c3cc(Cl)ccc31)CN(C)CC2. The van der Waals surface area contributed by atoms with Crippen molar-refractivity contribution in [2.45, 2.75) is 39.4 Å². The van der Waals surface area contributed by atoms with Gasteiger partial charge in [0.25, 0.3) is 0 Å². The lowest BCUT2D eigenvalue weighted by Crippen LogP contribution is -2.27. The van der Waals surface area contributed by atoms with Gasteiger partial charge in [-0.05, 0) is 49.4 Å². The largest absolute Gasteiger partial charge is 0.350 e. The van der Waals surface area contributed by atoms with E-state index in [9.17, 15) is 0 Å². The van der Waals surface area contributed by atoms with Crippen LogP contribution in [-0.2, 0) is 32.5 Å². The summed E-state index contributed by atoms with van der Waals surface area (Å²) in [4.78, 5) is 2.40. The molecular weight excluding hydrogens is 318 g/mol. The number of nitrogens with zero attached hydrogens (tertiary/aromatic N) is 3. The van der Waals surface area contributed by atoms with Gasteiger partial charge in [0, 0.05) is 66.1 Å². The van der Waals surface area contributed by atoms with Crippen molar-refractivity contribution in [2.24, 2.45) is 0 Å². The molecule has 2 aromatic heterocycles. The summed E-state index contributed by atoms with van der Waals surface area (Å²) >= 11 is 6.28. The lowest BCUT2D eigenvalue weighted by Gasteiger charge is -2.24. The van der Waals surface area contributed by atoms with Crippen LogP contribution in [0.2, 0.25) is 5.02 Å². The number of fused-ring (bicyclic) bond motifs is 3. The quantitative estimate of drug-likeness (QED) is 0.687. The summed E-state index contributed by atoms with van der Waals surface area (Å²) < 4.78 is 4.90. The van der Waals surface area contributed by atoms with Crippen molar-refractivity contribution in [1.29, 1.82) is 0 Å². The zero-order valence-electron chi connectivity index (χ0n) is 14.4. The fourth-order valence-electron chi connectivity index (χ4n) is 4.01. The minimum absolute atomic E-state index is 0.828. The van der Waals surface area contributed by atoms with E-state index in [4.69, 9.17) is 11.6 Å². The zero-order valence-corrected chi connectivity index (χ0v) is 15.2. The highest BCUT2D eigenvalue weighted by atomic mass is 35.5. The van der Waals surface area contributed by atoms with Crippen LogP contribution in [0.25, 0.3) is 10.9 Å². The molecule has 1 aromatic carbocycles. The second kappa shape index (κ2) is 6.30. The van der Waals surface area contributed by atoms with Crippen LogP contribution in [0.4, 0.5) is 0 Å². The van der Waals surface area contributed by atoms with E-state index >= 15 is 0 Å². The fourth-order valence-corrected chi connectivity index (χ4v) is 4.18. The van der Waals surface area contributed by atoms with Gasteiger partial charge in [0.05, 0.1) is 0 Å². The molecule has 3 aromatic rings. The molecule has 4 heteroatoms. The Balaban J connectivity index is 1.74. The van der Waals surface area contributed by atoms with Gasteiger partial charge >= 0.3 is 0 Å². The third-order valence-corrected chi connectivity index (χ3v) is 5.49. The molecule has 0 unspecified atom stereocenters. The first-order valence-corrected chi connectivity index (χ1v) is 9.17. The van der Waals surface area contributed by atoms with Crippen LogP contribution in [0.15, 0.2) is 36.5 Å². The van der Waals surface area contributed by atoms with Crippen LogP contribution in [-0.4, -0.2) is 27.6 Å². The van der Waals surface area contributed by atoms with Crippen LogP contribution in [0, 0.1) is 0 Å². The summed E-state index contributed by atoms with van der Waals surface area (Å²) in [6, 6.07) is 10.7. The van der Waals surface area contributed by atoms with Crippen molar-refractivity contribution in [3.8, 4) is 0 Å². The molecule has 0 saturated heterocycles. The molecule has 0 bridgehead atoms. The van der Waals surface area contributed by atoms with Crippen molar-refractivity contribution in [1.82, 2.24) is 14.0 Å². The second-order valence-electron chi connectivity index (χ2n) is 6.77. The van der Waals surface area contributed by atoms with E-state index < -0.39 is 0 Å². The topological polar surface area (TPSA) is 13.1 Å². The van der Waals surface area contributed by atoms with Crippen molar-refractivity contribution < 1.29 is 0 Å². The van der Waals surface area contributed by atoms with Gasteiger partial charge in [-0.25, -0.2) is 0 Å². The number of likely N-dealkylation sites (N-methyl/N-ethyl adjacent to an activating group) is 1. The molecule has 0 amide bonds. The Labute approximate surface area is 148 Å². The highest BCUT2D eigenvalue weighted by Gasteiger charge is 2.22. The number of benzene rings is 1. The van der Waals surface area contributed by atoms with E-state index in [1.165, 1.54) is 27.9 Å². The van der Waals surface area contributed by atoms with Crippen LogP contribution in [0.3, 0.4) is 0 Å². The third kappa shape index (κ3) is 2.66. The maximum absolute atomic E-state index is 6.28. The smallest absolute Gasteiger partial charge is 0.0487 e. The third-order valence-electron chi connectivity index (χ3n) is 5.26. The minimum Gasteiger partial charge on any atom is -0.350 e. The second-order valence-corrected chi connectivity index (χ2v) is 7.21. The highest BCUT2D eigenvalue weighted by Crippen LogP contribution is 2.32. The minimum atomic E-state index is 0.828. The molecule has 0 radical (unpaired) electrons. The average molecular weight is 342 g/mol. The summed E-state index contributed by atoms with van der Waals surface area (Å²) in [5.41, 5.74) is 5.69. The molecule has 24 heavy (non-hydrogen) atoms. The predicted molar refractivity (Wildman–Crippen MR) is 101 cm³/mol. The first-order chi connectivity index (χ1) is 11.7. The predicted octanol–water partition coefficient (Wildman–Crippen LogP) is 4.35. The average Bonchev–Trinajstić information content (AvgIpc) is 3.15. The zero-order chi connectivity index (χ0) is 16.7. The molecule has 3 heterocycles. The number of aromatic nitrogens is 2. The number of halogens is 1. The highest BCUT2D eigenvalue weighted by molar-refractivity contribution is 6.31. The van der Waals surface area contributed by atoms with Gasteiger partial charge < -0.3 is 14.0 Å². The van der Waals surface area contributed by atoms with Gasteiger partial charge in [0.2, 0.25) is 0 Å². The lowest BCUT2D eigenvalue weighted by molar-refractivity contribution is 0.308. The van der Waals surface area contributed by atoms with Gasteiger partial charge in [0.15, 0.2) is 0 Å². The van der Waals surface area contributed by atoms with Crippen molar-refractivity contribution in [3.63, 3.8) is 0 Å². The van der Waals surface area contributed by atoms with Crippen LogP contribution in [0.1, 0.15) is 23.9 Å². The Morgan fingerprint density at radius 1 is 1.17 bits per heavy atom. The van der Waals surface area contributed by atoms with Crippen molar-refractivity contribution in [3.05, 3.63) is 58.5 Å². The lowest BCUT2D eigenvalue weighted by atomic mass is 10.1. The Kier molecular flexibility index (Phi) is 4.15. The molecule has 0 N–H and O–H groups in total. The maximum atomic E-state index is 6.28.